The lowest BCUT2D eigenvalue weighted by molar-refractivity contribution is -0.137. The molecule has 0 unspecified atom stereocenters. The van der Waals surface area contributed by atoms with Crippen molar-refractivity contribution >= 4 is 17.9 Å². The van der Waals surface area contributed by atoms with Gasteiger partial charge in [0.25, 0.3) is 5.91 Å². The number of methoxy groups -OCH3 is 1. The van der Waals surface area contributed by atoms with E-state index in [1.165, 1.54) is 7.11 Å². The van der Waals surface area contributed by atoms with Crippen LogP contribution in [0.4, 0.5) is 4.79 Å². The van der Waals surface area contributed by atoms with Gasteiger partial charge >= 0.3 is 6.09 Å². The van der Waals surface area contributed by atoms with E-state index >= 15 is 0 Å². The first-order valence-electron chi connectivity index (χ1n) is 20.1. The van der Waals surface area contributed by atoms with E-state index in [1.54, 1.807) is 11.1 Å². The van der Waals surface area contributed by atoms with Gasteiger partial charge in [-0.05, 0) is 69.1 Å². The third-order valence-electron chi connectivity index (χ3n) is 11.0. The summed E-state index contributed by atoms with van der Waals surface area (Å²) in [7, 11) is 5.16. The predicted molar refractivity (Wildman–Crippen MR) is 227 cm³/mol. The van der Waals surface area contributed by atoms with Crippen LogP contribution in [0.1, 0.15) is 80.1 Å². The zero-order chi connectivity index (χ0) is 41.5. The SMILES string of the molecule is CC[C@@H](c1ncc(-c2ccc(-c3ccc(-c4cnc([C@@H]5CCCN5C(=O)[C@@H](c5ccccc5)N(C)C)[nH]4)cn3)cc2)[nH]1)N(CC)C(=O)[C@H](NC(=O)OC)c1ccccc1. The number of aromatic nitrogens is 5. The molecular formula is C46H51N9O4. The fourth-order valence-electron chi connectivity index (χ4n) is 7.99. The number of alkyl carbamates (subject to hydrolysis) is 1. The van der Waals surface area contributed by atoms with Crippen LogP contribution < -0.4 is 5.32 Å². The summed E-state index contributed by atoms with van der Waals surface area (Å²) < 4.78 is 4.84. The molecule has 13 heteroatoms. The van der Waals surface area contributed by atoms with Gasteiger partial charge in [-0.1, -0.05) is 91.9 Å². The monoisotopic (exact) mass is 793 g/mol. The van der Waals surface area contributed by atoms with Crippen molar-refractivity contribution in [1.29, 1.82) is 0 Å². The maximum absolute atomic E-state index is 14.0. The third-order valence-corrected chi connectivity index (χ3v) is 11.0. The maximum atomic E-state index is 14.0. The molecule has 3 aromatic heterocycles. The summed E-state index contributed by atoms with van der Waals surface area (Å²) in [4.78, 5) is 67.0. The number of nitrogens with one attached hydrogen (secondary N) is 3. The van der Waals surface area contributed by atoms with Crippen molar-refractivity contribution in [1.82, 2.24) is 44.9 Å². The molecule has 1 aliphatic rings. The van der Waals surface area contributed by atoms with Crippen molar-refractivity contribution in [3.05, 3.63) is 138 Å². The second-order valence-corrected chi connectivity index (χ2v) is 14.9. The van der Waals surface area contributed by atoms with E-state index < -0.39 is 12.1 Å². The number of ether oxygens (including phenoxy) is 1. The first kappa shape index (κ1) is 40.6. The van der Waals surface area contributed by atoms with Gasteiger partial charge in [0.05, 0.1) is 48.7 Å². The first-order valence-corrected chi connectivity index (χ1v) is 20.1. The van der Waals surface area contributed by atoms with E-state index in [0.29, 0.717) is 30.9 Å². The van der Waals surface area contributed by atoms with Crippen LogP contribution in [0.3, 0.4) is 0 Å². The molecule has 59 heavy (non-hydrogen) atoms. The Labute approximate surface area is 344 Å². The van der Waals surface area contributed by atoms with Crippen molar-refractivity contribution in [2.45, 2.75) is 57.3 Å². The Morgan fingerprint density at radius 1 is 0.797 bits per heavy atom. The molecule has 3 N–H and O–H groups in total. The fourth-order valence-corrected chi connectivity index (χ4v) is 7.99. The predicted octanol–water partition coefficient (Wildman–Crippen LogP) is 7.89. The van der Waals surface area contributed by atoms with Crippen LogP contribution in [0.25, 0.3) is 33.8 Å². The van der Waals surface area contributed by atoms with E-state index in [0.717, 1.165) is 58.0 Å². The lowest BCUT2D eigenvalue weighted by Gasteiger charge is -2.32. The summed E-state index contributed by atoms with van der Waals surface area (Å²) in [5, 5.41) is 2.71. The van der Waals surface area contributed by atoms with Gasteiger partial charge in [-0.15, -0.1) is 0 Å². The molecule has 4 heterocycles. The molecule has 0 bridgehead atoms. The van der Waals surface area contributed by atoms with Gasteiger partial charge in [-0.3, -0.25) is 19.5 Å². The number of likely N-dealkylation sites (N-methyl/N-ethyl adjacent to an activating group) is 2. The number of hydrogen-bond donors (Lipinski definition) is 3. The molecule has 7 rings (SSSR count). The fraction of sp³-hybridized carbons (Fsp3) is 0.304. The Morgan fingerprint density at radius 3 is 2.07 bits per heavy atom. The van der Waals surface area contributed by atoms with Gasteiger partial charge in [0.15, 0.2) is 0 Å². The van der Waals surface area contributed by atoms with E-state index in [4.69, 9.17) is 19.7 Å². The lowest BCUT2D eigenvalue weighted by atomic mass is 10.0. The molecule has 4 atom stereocenters. The smallest absolute Gasteiger partial charge is 0.407 e. The van der Waals surface area contributed by atoms with Crippen LogP contribution in [0, 0.1) is 0 Å². The van der Waals surface area contributed by atoms with Crippen LogP contribution in [0.15, 0.2) is 116 Å². The van der Waals surface area contributed by atoms with Crippen LogP contribution in [0.5, 0.6) is 0 Å². The Morgan fingerprint density at radius 2 is 1.44 bits per heavy atom. The highest BCUT2D eigenvalue weighted by Crippen LogP contribution is 2.35. The highest BCUT2D eigenvalue weighted by Gasteiger charge is 2.37. The van der Waals surface area contributed by atoms with Crippen LogP contribution in [-0.2, 0) is 14.3 Å². The van der Waals surface area contributed by atoms with E-state index in [2.05, 4.69) is 15.3 Å². The molecule has 13 nitrogen and oxygen atoms in total. The normalized spacial score (nSPS) is 15.4. The molecule has 304 valence electrons. The number of H-pyrrole nitrogens is 2. The Balaban J connectivity index is 1.02. The van der Waals surface area contributed by atoms with Crippen LogP contribution in [-0.4, -0.2) is 91.8 Å². The van der Waals surface area contributed by atoms with Gasteiger partial charge in [0, 0.05) is 30.4 Å². The zero-order valence-electron chi connectivity index (χ0n) is 34.1. The van der Waals surface area contributed by atoms with Crippen LogP contribution >= 0.6 is 0 Å². The molecule has 1 aliphatic heterocycles. The highest BCUT2D eigenvalue weighted by atomic mass is 16.5. The number of rotatable bonds is 14. The summed E-state index contributed by atoms with van der Waals surface area (Å²) in [6, 6.07) is 29.4. The number of nitrogens with zero attached hydrogens (tertiary/aromatic N) is 6. The summed E-state index contributed by atoms with van der Waals surface area (Å²) in [5.41, 5.74) is 6.93. The van der Waals surface area contributed by atoms with Crippen molar-refractivity contribution in [2.24, 2.45) is 0 Å². The number of imidazole rings is 2. The molecule has 3 aromatic carbocycles. The number of amides is 3. The van der Waals surface area contributed by atoms with E-state index in [-0.39, 0.29) is 29.9 Å². The van der Waals surface area contributed by atoms with Crippen molar-refractivity contribution in [3.63, 3.8) is 0 Å². The minimum Gasteiger partial charge on any atom is -0.453 e. The molecule has 1 fully saturated rings. The summed E-state index contributed by atoms with van der Waals surface area (Å²) in [6.07, 6.45) is 7.13. The number of carbonyl (C=O) groups excluding carboxylic acids is 3. The second kappa shape index (κ2) is 18.3. The lowest BCUT2D eigenvalue weighted by Crippen LogP contribution is -2.44. The minimum atomic E-state index is -0.916. The van der Waals surface area contributed by atoms with Crippen molar-refractivity contribution in [2.75, 3.05) is 34.3 Å². The largest absolute Gasteiger partial charge is 0.453 e. The Bertz CT molecular complexity index is 2330. The Hall–Kier alpha value is -6.60. The summed E-state index contributed by atoms with van der Waals surface area (Å²) in [6.45, 7) is 5.02. The minimum absolute atomic E-state index is 0.0792. The highest BCUT2D eigenvalue weighted by molar-refractivity contribution is 5.87. The standard InChI is InChI=1S/C46H51N9O4/c1-6-38(54(7-2)44(56)40(52-46(58)59-5)32-15-10-8-11-16-32)42-48-28-36(50-42)31-22-20-30(21-23-31)35-25-24-34(27-47-35)37-29-49-43(51-37)39-19-14-26-55(39)45(57)41(53(3)4)33-17-12-9-13-18-33/h8-13,15-18,20-25,27-29,38-41H,6-7,14,19,26H2,1-5H3,(H,48,50)(H,49,51)(H,52,58)/t38-,39-,40+,41+/m0/s1. The molecule has 0 aliphatic carbocycles. The van der Waals surface area contributed by atoms with Gasteiger partial charge in [-0.2, -0.15) is 0 Å². The first-order chi connectivity index (χ1) is 28.7. The molecule has 6 aromatic rings. The molecule has 0 saturated carbocycles. The Kier molecular flexibility index (Phi) is 12.6. The zero-order valence-corrected chi connectivity index (χ0v) is 34.1. The van der Waals surface area contributed by atoms with Gasteiger partial charge < -0.3 is 29.8 Å². The van der Waals surface area contributed by atoms with Gasteiger partial charge in [0.2, 0.25) is 5.91 Å². The topological polar surface area (TPSA) is 152 Å². The molecule has 3 amide bonds. The number of likely N-dealkylation sites (tertiary alicyclic amines) is 1. The molecule has 0 spiro atoms. The number of benzene rings is 3. The molecule has 0 radical (unpaired) electrons. The van der Waals surface area contributed by atoms with Crippen molar-refractivity contribution < 1.29 is 19.1 Å². The second-order valence-electron chi connectivity index (χ2n) is 14.9. The average Bonchev–Trinajstić information content (AvgIpc) is 4.07. The summed E-state index contributed by atoms with van der Waals surface area (Å²) in [5.74, 6) is 1.26. The number of hydrogen-bond acceptors (Lipinski definition) is 8. The molecule has 1 saturated heterocycles. The average molecular weight is 794 g/mol. The molecular weight excluding hydrogens is 743 g/mol. The summed E-state index contributed by atoms with van der Waals surface area (Å²) >= 11 is 0. The van der Waals surface area contributed by atoms with Gasteiger partial charge in [0.1, 0.15) is 23.7 Å². The maximum Gasteiger partial charge on any atom is 0.407 e. The quantitative estimate of drug-likeness (QED) is 0.101. The third kappa shape index (κ3) is 8.80. The van der Waals surface area contributed by atoms with E-state index in [1.807, 2.05) is 147 Å². The van der Waals surface area contributed by atoms with Crippen molar-refractivity contribution in [3.8, 4) is 33.8 Å². The number of carbonyl (C=O) groups is 3. The number of aromatic amines is 2. The van der Waals surface area contributed by atoms with E-state index in [9.17, 15) is 14.4 Å². The van der Waals surface area contributed by atoms with Gasteiger partial charge in [-0.25, -0.2) is 14.8 Å². The number of pyridine rings is 1. The van der Waals surface area contributed by atoms with Crippen LogP contribution in [0.2, 0.25) is 0 Å².